The molecule has 0 bridgehead atoms. The number of nitrogens with zero attached hydrogens (tertiary/aromatic N) is 2. The second-order valence-corrected chi connectivity index (χ2v) is 10.1. The smallest absolute Gasteiger partial charge is 0.259 e. The van der Waals surface area contributed by atoms with Crippen molar-refractivity contribution in [2.24, 2.45) is 5.41 Å². The van der Waals surface area contributed by atoms with Crippen LogP contribution in [0.15, 0.2) is 4.79 Å². The van der Waals surface area contributed by atoms with Crippen LogP contribution in [0, 0.1) is 5.41 Å². The molecule has 1 amide bonds. The zero-order valence-electron chi connectivity index (χ0n) is 16.6. The van der Waals surface area contributed by atoms with Gasteiger partial charge in [-0.25, -0.2) is 4.98 Å². The molecule has 4 rings (SSSR count). The Labute approximate surface area is 164 Å². The third-order valence-electron chi connectivity index (χ3n) is 5.89. The second-order valence-electron chi connectivity index (χ2n) is 9.01. The Morgan fingerprint density at radius 2 is 1.93 bits per heavy atom. The Morgan fingerprint density at radius 3 is 2.70 bits per heavy atom. The van der Waals surface area contributed by atoms with Crippen LogP contribution in [-0.2, 0) is 17.6 Å². The maximum Gasteiger partial charge on any atom is 0.259 e. The summed E-state index contributed by atoms with van der Waals surface area (Å²) >= 11 is 1.71. The second kappa shape index (κ2) is 7.04. The first-order chi connectivity index (χ1) is 12.8. The van der Waals surface area contributed by atoms with Crippen LogP contribution in [0.1, 0.15) is 75.1 Å². The van der Waals surface area contributed by atoms with Crippen molar-refractivity contribution in [3.05, 3.63) is 26.6 Å². The third-order valence-corrected chi connectivity index (χ3v) is 7.07. The van der Waals surface area contributed by atoms with E-state index in [9.17, 15) is 9.59 Å². The number of rotatable bonds is 1. The molecule has 3 heterocycles. The molecule has 1 saturated heterocycles. The van der Waals surface area contributed by atoms with Gasteiger partial charge >= 0.3 is 0 Å². The van der Waals surface area contributed by atoms with Gasteiger partial charge in [-0.2, -0.15) is 0 Å². The van der Waals surface area contributed by atoms with E-state index in [1.54, 1.807) is 11.3 Å². The summed E-state index contributed by atoms with van der Waals surface area (Å²) in [5.41, 5.74) is 0.923. The van der Waals surface area contributed by atoms with Gasteiger partial charge in [0.1, 0.15) is 10.7 Å². The molecule has 2 aromatic heterocycles. The highest BCUT2D eigenvalue weighted by molar-refractivity contribution is 7.18. The lowest BCUT2D eigenvalue weighted by Gasteiger charge is -2.28. The first-order valence-corrected chi connectivity index (χ1v) is 11.0. The molecular weight excluding hydrogens is 358 g/mol. The SMILES string of the molecule is CC(C)(C)C(=O)N1CCCC(c2nc3sc4c(c3c(=O)[nH]2)CCCC4)CC1. The number of carbonyl (C=O) groups is 1. The quantitative estimate of drug-likeness (QED) is 0.804. The van der Waals surface area contributed by atoms with Crippen LogP contribution in [0.2, 0.25) is 0 Å². The molecule has 0 radical (unpaired) electrons. The molecule has 0 spiro atoms. The van der Waals surface area contributed by atoms with Crippen LogP contribution in [0.4, 0.5) is 0 Å². The molecule has 1 N–H and O–H groups in total. The predicted molar refractivity (Wildman–Crippen MR) is 110 cm³/mol. The zero-order valence-corrected chi connectivity index (χ0v) is 17.4. The highest BCUT2D eigenvalue weighted by atomic mass is 32.1. The third kappa shape index (κ3) is 3.56. The van der Waals surface area contributed by atoms with E-state index in [4.69, 9.17) is 4.98 Å². The van der Waals surface area contributed by atoms with Crippen molar-refractivity contribution in [2.75, 3.05) is 13.1 Å². The van der Waals surface area contributed by atoms with Gasteiger partial charge in [-0.05, 0) is 50.5 Å². The van der Waals surface area contributed by atoms with Crippen molar-refractivity contribution >= 4 is 27.5 Å². The van der Waals surface area contributed by atoms with Crippen molar-refractivity contribution in [1.82, 2.24) is 14.9 Å². The summed E-state index contributed by atoms with van der Waals surface area (Å²) in [6, 6.07) is 0. The van der Waals surface area contributed by atoms with Gasteiger partial charge in [0.15, 0.2) is 0 Å². The van der Waals surface area contributed by atoms with Gasteiger partial charge in [-0.15, -0.1) is 11.3 Å². The van der Waals surface area contributed by atoms with E-state index in [-0.39, 0.29) is 22.8 Å². The maximum absolute atomic E-state index is 12.8. The van der Waals surface area contributed by atoms with Crippen LogP contribution >= 0.6 is 11.3 Å². The number of aryl methyl sites for hydroxylation is 2. The van der Waals surface area contributed by atoms with Gasteiger partial charge in [-0.3, -0.25) is 9.59 Å². The fraction of sp³-hybridized carbons (Fsp3) is 0.667. The number of aromatic amines is 1. The monoisotopic (exact) mass is 387 g/mol. The minimum Gasteiger partial charge on any atom is -0.342 e. The topological polar surface area (TPSA) is 66.1 Å². The number of aromatic nitrogens is 2. The zero-order chi connectivity index (χ0) is 19.2. The van der Waals surface area contributed by atoms with E-state index in [2.05, 4.69) is 4.98 Å². The number of nitrogens with one attached hydrogen (secondary N) is 1. The average molecular weight is 388 g/mol. The lowest BCUT2D eigenvalue weighted by atomic mass is 9.94. The van der Waals surface area contributed by atoms with Gasteiger partial charge in [0, 0.05) is 29.3 Å². The molecule has 0 saturated carbocycles. The first kappa shape index (κ1) is 18.7. The molecule has 1 aliphatic carbocycles. The minimum absolute atomic E-state index is 0.0290. The summed E-state index contributed by atoms with van der Waals surface area (Å²) in [6.45, 7) is 7.46. The summed E-state index contributed by atoms with van der Waals surface area (Å²) in [4.78, 5) is 37.7. The molecular formula is C21H29N3O2S. The molecule has 6 heteroatoms. The van der Waals surface area contributed by atoms with Gasteiger partial charge in [-0.1, -0.05) is 20.8 Å². The molecule has 1 fully saturated rings. The van der Waals surface area contributed by atoms with Crippen molar-refractivity contribution in [3.63, 3.8) is 0 Å². The molecule has 1 unspecified atom stereocenters. The van der Waals surface area contributed by atoms with Crippen molar-refractivity contribution in [2.45, 2.75) is 71.6 Å². The molecule has 146 valence electrons. The molecule has 0 aromatic carbocycles. The van der Waals surface area contributed by atoms with Gasteiger partial charge in [0.05, 0.1) is 5.39 Å². The Balaban J connectivity index is 1.59. The van der Waals surface area contributed by atoms with Crippen LogP contribution in [0.3, 0.4) is 0 Å². The van der Waals surface area contributed by atoms with E-state index >= 15 is 0 Å². The van der Waals surface area contributed by atoms with E-state index in [0.717, 1.165) is 61.2 Å². The van der Waals surface area contributed by atoms with E-state index in [1.165, 1.54) is 23.3 Å². The summed E-state index contributed by atoms with van der Waals surface area (Å²) in [7, 11) is 0. The number of H-pyrrole nitrogens is 1. The van der Waals surface area contributed by atoms with Crippen LogP contribution in [-0.4, -0.2) is 33.9 Å². The maximum atomic E-state index is 12.8. The summed E-state index contributed by atoms with van der Waals surface area (Å²) in [5.74, 6) is 1.25. The molecule has 1 aliphatic heterocycles. The van der Waals surface area contributed by atoms with Gasteiger partial charge < -0.3 is 9.88 Å². The highest BCUT2D eigenvalue weighted by Gasteiger charge is 2.30. The largest absolute Gasteiger partial charge is 0.342 e. The Hall–Kier alpha value is -1.69. The van der Waals surface area contributed by atoms with E-state index < -0.39 is 0 Å². The number of hydrogen-bond acceptors (Lipinski definition) is 4. The Bertz CT molecular complexity index is 922. The molecule has 27 heavy (non-hydrogen) atoms. The summed E-state index contributed by atoms with van der Waals surface area (Å²) < 4.78 is 0. The van der Waals surface area contributed by atoms with Crippen LogP contribution in [0.5, 0.6) is 0 Å². The lowest BCUT2D eigenvalue weighted by molar-refractivity contribution is -0.139. The standard InChI is InChI=1S/C21H29N3O2S/c1-21(2,3)20(26)24-11-6-7-13(10-12-24)17-22-18(25)16-14-8-4-5-9-15(14)27-19(16)23-17/h13H,4-12H2,1-3H3,(H,22,23,25). The van der Waals surface area contributed by atoms with Crippen LogP contribution < -0.4 is 5.56 Å². The molecule has 5 nitrogen and oxygen atoms in total. The number of hydrogen-bond donors (Lipinski definition) is 1. The van der Waals surface area contributed by atoms with Gasteiger partial charge in [0.2, 0.25) is 5.91 Å². The normalized spacial score (nSPS) is 21.1. The highest BCUT2D eigenvalue weighted by Crippen LogP contribution is 2.35. The van der Waals surface area contributed by atoms with E-state index in [1.807, 2.05) is 25.7 Å². The minimum atomic E-state index is -0.346. The summed E-state index contributed by atoms with van der Waals surface area (Å²) in [6.07, 6.45) is 7.25. The average Bonchev–Trinajstić information content (AvgIpc) is 2.82. The lowest BCUT2D eigenvalue weighted by Crippen LogP contribution is -2.40. The summed E-state index contributed by atoms with van der Waals surface area (Å²) in [5, 5.41) is 0.830. The molecule has 1 atom stereocenters. The van der Waals surface area contributed by atoms with Gasteiger partial charge in [0.25, 0.3) is 5.56 Å². The molecule has 2 aliphatic rings. The molecule has 2 aromatic rings. The predicted octanol–water partition coefficient (Wildman–Crippen LogP) is 4.01. The van der Waals surface area contributed by atoms with Crippen LogP contribution in [0.25, 0.3) is 10.2 Å². The Morgan fingerprint density at radius 1 is 1.15 bits per heavy atom. The fourth-order valence-corrected chi connectivity index (χ4v) is 5.69. The number of carbonyl (C=O) groups excluding carboxylic acids is 1. The van der Waals surface area contributed by atoms with E-state index in [0.29, 0.717) is 0 Å². The first-order valence-electron chi connectivity index (χ1n) is 10.2. The van der Waals surface area contributed by atoms with Crippen molar-refractivity contribution in [1.29, 1.82) is 0 Å². The van der Waals surface area contributed by atoms with Crippen molar-refractivity contribution in [3.8, 4) is 0 Å². The van der Waals surface area contributed by atoms with Crippen molar-refractivity contribution < 1.29 is 4.79 Å². The number of likely N-dealkylation sites (tertiary alicyclic amines) is 1. The fourth-order valence-electron chi connectivity index (χ4n) is 4.42. The number of amides is 1. The number of thiophene rings is 1. The number of fused-ring (bicyclic) bond motifs is 3. The Kier molecular flexibility index (Phi) is 4.87.